The van der Waals surface area contributed by atoms with E-state index in [4.69, 9.17) is 11.6 Å². The van der Waals surface area contributed by atoms with E-state index in [-0.39, 0.29) is 11.4 Å². The van der Waals surface area contributed by atoms with E-state index in [0.29, 0.717) is 5.56 Å². The van der Waals surface area contributed by atoms with Gasteiger partial charge in [-0.3, -0.25) is 4.79 Å². The molecule has 2 aromatic rings. The zero-order valence-electron chi connectivity index (χ0n) is 7.90. The molecule has 0 saturated carbocycles. The molecular weight excluding hydrogens is 212 g/mol. The fraction of sp³-hybridized carbons (Fsp3) is 0.0909. The summed E-state index contributed by atoms with van der Waals surface area (Å²) in [6, 6.07) is 11.3. The van der Waals surface area contributed by atoms with Crippen molar-refractivity contribution in [2.45, 2.75) is 5.88 Å². The minimum Gasteiger partial charge on any atom is -0.268 e. The SMILES string of the molecule is O=c1[nH]nc(-c2ccccc2)cc1CCl. The van der Waals surface area contributed by atoms with E-state index >= 15 is 0 Å². The van der Waals surface area contributed by atoms with E-state index in [2.05, 4.69) is 10.2 Å². The highest BCUT2D eigenvalue weighted by atomic mass is 35.5. The fourth-order valence-electron chi connectivity index (χ4n) is 1.30. The Labute approximate surface area is 91.7 Å². The first-order chi connectivity index (χ1) is 7.31. The Morgan fingerprint density at radius 3 is 2.67 bits per heavy atom. The van der Waals surface area contributed by atoms with Crippen LogP contribution in [0.5, 0.6) is 0 Å². The summed E-state index contributed by atoms with van der Waals surface area (Å²) in [4.78, 5) is 11.2. The van der Waals surface area contributed by atoms with Crippen molar-refractivity contribution in [2.75, 3.05) is 0 Å². The van der Waals surface area contributed by atoms with Crippen LogP contribution in [0.25, 0.3) is 11.3 Å². The number of aromatic nitrogens is 2. The van der Waals surface area contributed by atoms with Crippen molar-refractivity contribution < 1.29 is 0 Å². The molecule has 1 aromatic heterocycles. The number of alkyl halides is 1. The van der Waals surface area contributed by atoms with Crippen LogP contribution in [0.4, 0.5) is 0 Å². The molecule has 0 unspecified atom stereocenters. The van der Waals surface area contributed by atoms with Crippen LogP contribution in [-0.2, 0) is 5.88 Å². The number of nitrogens with one attached hydrogen (secondary N) is 1. The van der Waals surface area contributed by atoms with Crippen molar-refractivity contribution in [2.24, 2.45) is 0 Å². The van der Waals surface area contributed by atoms with Gasteiger partial charge in [-0.05, 0) is 6.07 Å². The summed E-state index contributed by atoms with van der Waals surface area (Å²) < 4.78 is 0. The van der Waals surface area contributed by atoms with Gasteiger partial charge in [0.1, 0.15) is 0 Å². The highest BCUT2D eigenvalue weighted by Crippen LogP contribution is 2.15. The molecule has 0 fully saturated rings. The van der Waals surface area contributed by atoms with Crippen LogP contribution in [0, 0.1) is 0 Å². The van der Waals surface area contributed by atoms with E-state index in [9.17, 15) is 4.79 Å². The first-order valence-electron chi connectivity index (χ1n) is 4.51. The Morgan fingerprint density at radius 2 is 2.00 bits per heavy atom. The summed E-state index contributed by atoms with van der Waals surface area (Å²) in [7, 11) is 0. The highest BCUT2D eigenvalue weighted by molar-refractivity contribution is 6.17. The molecule has 0 atom stereocenters. The van der Waals surface area contributed by atoms with Crippen molar-refractivity contribution in [1.29, 1.82) is 0 Å². The van der Waals surface area contributed by atoms with Crippen LogP contribution < -0.4 is 5.56 Å². The van der Waals surface area contributed by atoms with Crippen LogP contribution >= 0.6 is 11.6 Å². The Bertz CT molecular complexity index is 507. The third-order valence-electron chi connectivity index (χ3n) is 2.09. The van der Waals surface area contributed by atoms with Gasteiger partial charge >= 0.3 is 0 Å². The molecule has 76 valence electrons. The van der Waals surface area contributed by atoms with E-state index in [1.54, 1.807) is 6.07 Å². The Balaban J connectivity index is 2.51. The first-order valence-corrected chi connectivity index (χ1v) is 5.04. The molecule has 1 aromatic carbocycles. The van der Waals surface area contributed by atoms with Crippen LogP contribution in [-0.4, -0.2) is 10.2 Å². The number of hydrogen-bond donors (Lipinski definition) is 1. The predicted octanol–water partition coefficient (Wildman–Crippen LogP) is 2.18. The van der Waals surface area contributed by atoms with Gasteiger partial charge in [0.2, 0.25) is 0 Å². The Kier molecular flexibility index (Phi) is 2.83. The number of benzene rings is 1. The molecule has 0 radical (unpaired) electrons. The molecule has 0 bridgehead atoms. The minimum atomic E-state index is -0.232. The summed E-state index contributed by atoms with van der Waals surface area (Å²) in [5, 5.41) is 6.39. The average Bonchev–Trinajstić information content (AvgIpc) is 2.31. The smallest absolute Gasteiger partial charge is 0.268 e. The van der Waals surface area contributed by atoms with Gasteiger partial charge < -0.3 is 0 Å². The molecule has 0 aliphatic rings. The number of rotatable bonds is 2. The van der Waals surface area contributed by atoms with Crippen LogP contribution in [0.3, 0.4) is 0 Å². The molecule has 1 N–H and O–H groups in total. The Morgan fingerprint density at radius 1 is 1.27 bits per heavy atom. The zero-order valence-corrected chi connectivity index (χ0v) is 8.66. The van der Waals surface area contributed by atoms with Crippen molar-refractivity contribution in [3.8, 4) is 11.3 Å². The zero-order chi connectivity index (χ0) is 10.7. The largest absolute Gasteiger partial charge is 0.268 e. The van der Waals surface area contributed by atoms with Gasteiger partial charge in [0.15, 0.2) is 0 Å². The molecule has 0 spiro atoms. The average molecular weight is 221 g/mol. The number of aromatic amines is 1. The molecule has 3 nitrogen and oxygen atoms in total. The van der Waals surface area contributed by atoms with Gasteiger partial charge in [0.25, 0.3) is 5.56 Å². The highest BCUT2D eigenvalue weighted by Gasteiger charge is 2.03. The maximum Gasteiger partial charge on any atom is 0.268 e. The van der Waals surface area contributed by atoms with Crippen molar-refractivity contribution in [3.05, 3.63) is 52.3 Å². The van der Waals surface area contributed by atoms with Gasteiger partial charge in [-0.25, -0.2) is 5.10 Å². The summed E-state index contributed by atoms with van der Waals surface area (Å²) in [5.74, 6) is 0.192. The van der Waals surface area contributed by atoms with Crippen LogP contribution in [0.2, 0.25) is 0 Å². The second kappa shape index (κ2) is 4.28. The predicted molar refractivity (Wildman–Crippen MR) is 59.9 cm³/mol. The van der Waals surface area contributed by atoms with Crippen molar-refractivity contribution in [1.82, 2.24) is 10.2 Å². The first kappa shape index (κ1) is 9.93. The lowest BCUT2D eigenvalue weighted by molar-refractivity contribution is 0.971. The lowest BCUT2D eigenvalue weighted by Gasteiger charge is -2.00. The van der Waals surface area contributed by atoms with E-state index in [0.717, 1.165) is 11.3 Å². The third-order valence-corrected chi connectivity index (χ3v) is 2.38. The molecule has 0 aliphatic carbocycles. The van der Waals surface area contributed by atoms with Gasteiger partial charge in [-0.15, -0.1) is 11.6 Å². The lowest BCUT2D eigenvalue weighted by atomic mass is 10.1. The number of H-pyrrole nitrogens is 1. The van der Waals surface area contributed by atoms with E-state index < -0.39 is 0 Å². The quantitative estimate of drug-likeness (QED) is 0.789. The van der Waals surface area contributed by atoms with Gasteiger partial charge in [-0.1, -0.05) is 30.3 Å². The lowest BCUT2D eigenvalue weighted by Crippen LogP contribution is -2.13. The number of hydrogen-bond acceptors (Lipinski definition) is 2. The van der Waals surface area contributed by atoms with Crippen molar-refractivity contribution in [3.63, 3.8) is 0 Å². The topological polar surface area (TPSA) is 45.8 Å². The molecular formula is C11H9ClN2O. The molecule has 0 aliphatic heterocycles. The van der Waals surface area contributed by atoms with E-state index in [1.165, 1.54) is 0 Å². The molecule has 1 heterocycles. The maximum atomic E-state index is 11.2. The van der Waals surface area contributed by atoms with Crippen LogP contribution in [0.15, 0.2) is 41.2 Å². The minimum absolute atomic E-state index is 0.192. The number of halogens is 1. The van der Waals surface area contributed by atoms with Gasteiger partial charge in [0.05, 0.1) is 11.6 Å². The summed E-state index contributed by atoms with van der Waals surface area (Å²) in [6.07, 6.45) is 0. The van der Waals surface area contributed by atoms with Crippen LogP contribution in [0.1, 0.15) is 5.56 Å². The van der Waals surface area contributed by atoms with Gasteiger partial charge in [-0.2, -0.15) is 5.10 Å². The van der Waals surface area contributed by atoms with E-state index in [1.807, 2.05) is 30.3 Å². The molecule has 15 heavy (non-hydrogen) atoms. The molecule has 0 saturated heterocycles. The molecule has 0 amide bonds. The summed E-state index contributed by atoms with van der Waals surface area (Å²) in [6.45, 7) is 0. The number of nitrogens with zero attached hydrogens (tertiary/aromatic N) is 1. The Hall–Kier alpha value is -1.61. The normalized spacial score (nSPS) is 10.2. The standard InChI is InChI=1S/C11H9ClN2O/c12-7-9-6-10(13-14-11(9)15)8-4-2-1-3-5-8/h1-6H,7H2,(H,14,15). The van der Waals surface area contributed by atoms with Crippen molar-refractivity contribution >= 4 is 11.6 Å². The summed E-state index contributed by atoms with van der Waals surface area (Å²) in [5.41, 5.74) is 1.99. The molecule has 4 heteroatoms. The fourth-order valence-corrected chi connectivity index (χ4v) is 1.50. The third kappa shape index (κ3) is 2.07. The second-order valence-electron chi connectivity index (χ2n) is 3.11. The monoisotopic (exact) mass is 220 g/mol. The van der Waals surface area contributed by atoms with Gasteiger partial charge in [0, 0.05) is 11.1 Å². The molecule has 2 rings (SSSR count). The maximum absolute atomic E-state index is 11.2. The summed E-state index contributed by atoms with van der Waals surface area (Å²) >= 11 is 5.64. The second-order valence-corrected chi connectivity index (χ2v) is 3.37.